The van der Waals surface area contributed by atoms with Gasteiger partial charge in [0.25, 0.3) is 11.8 Å². The summed E-state index contributed by atoms with van der Waals surface area (Å²) in [5.74, 6) is 0.351. The van der Waals surface area contributed by atoms with Gasteiger partial charge in [-0.15, -0.1) is 11.3 Å². The highest BCUT2D eigenvalue weighted by Gasteiger charge is 2.15. The Bertz CT molecular complexity index is 1020. The normalized spacial score (nSPS) is 10.2. The Morgan fingerprint density at radius 1 is 0.964 bits per heavy atom. The molecule has 0 aliphatic carbocycles. The third-order valence-corrected chi connectivity index (χ3v) is 4.71. The maximum Gasteiger partial charge on any atom is 0.257 e. The van der Waals surface area contributed by atoms with E-state index in [1.165, 1.54) is 25.6 Å². The Hall–Kier alpha value is -3.39. The molecule has 7 nitrogen and oxygen atoms in total. The first-order chi connectivity index (χ1) is 13.5. The molecule has 0 unspecified atom stereocenters. The molecule has 0 saturated heterocycles. The number of carbonyl (C=O) groups is 2. The van der Waals surface area contributed by atoms with Crippen LogP contribution in [-0.4, -0.2) is 31.0 Å². The number of nitrogens with one attached hydrogen (secondary N) is 2. The van der Waals surface area contributed by atoms with Crippen molar-refractivity contribution >= 4 is 34.0 Å². The molecular weight excluding hydrogens is 378 g/mol. The highest BCUT2D eigenvalue weighted by atomic mass is 32.1. The Kier molecular flexibility index (Phi) is 5.90. The molecule has 2 amide bonds. The van der Waals surface area contributed by atoms with Gasteiger partial charge < -0.3 is 14.8 Å². The van der Waals surface area contributed by atoms with Crippen molar-refractivity contribution in [3.05, 3.63) is 64.7 Å². The van der Waals surface area contributed by atoms with Gasteiger partial charge in [-0.25, -0.2) is 4.98 Å². The molecule has 1 aromatic heterocycles. The third-order valence-electron chi connectivity index (χ3n) is 3.88. The summed E-state index contributed by atoms with van der Waals surface area (Å²) in [4.78, 5) is 30.2. The molecular formula is C20H19N3O4S. The van der Waals surface area contributed by atoms with E-state index in [0.717, 1.165) is 4.88 Å². The smallest absolute Gasteiger partial charge is 0.257 e. The molecule has 0 aliphatic rings. The van der Waals surface area contributed by atoms with Crippen LogP contribution in [0.4, 0.5) is 10.8 Å². The predicted octanol–water partition coefficient (Wildman–Crippen LogP) is 3.97. The minimum atomic E-state index is -0.342. The van der Waals surface area contributed by atoms with Crippen LogP contribution in [-0.2, 0) is 0 Å². The molecule has 0 bridgehead atoms. The average Bonchev–Trinajstić information content (AvgIpc) is 3.12. The second kappa shape index (κ2) is 8.53. The molecule has 8 heteroatoms. The number of hydrogen-bond donors (Lipinski definition) is 2. The summed E-state index contributed by atoms with van der Waals surface area (Å²) in [5, 5.41) is 6.04. The number of ether oxygens (including phenoxy) is 2. The van der Waals surface area contributed by atoms with Crippen molar-refractivity contribution in [3.8, 4) is 11.5 Å². The molecule has 3 aromatic rings. The summed E-state index contributed by atoms with van der Waals surface area (Å²) in [6, 6.07) is 11.6. The first kappa shape index (κ1) is 19.4. The summed E-state index contributed by atoms with van der Waals surface area (Å²) in [7, 11) is 3.03. The number of rotatable bonds is 6. The summed E-state index contributed by atoms with van der Waals surface area (Å²) in [6.45, 7) is 1.91. The van der Waals surface area contributed by atoms with Crippen LogP contribution in [0.5, 0.6) is 11.5 Å². The van der Waals surface area contributed by atoms with Gasteiger partial charge in [0.15, 0.2) is 5.13 Å². The maximum absolute atomic E-state index is 12.6. The quantitative estimate of drug-likeness (QED) is 0.657. The molecule has 0 spiro atoms. The molecule has 1 heterocycles. The van der Waals surface area contributed by atoms with E-state index >= 15 is 0 Å². The molecule has 0 radical (unpaired) electrons. The molecule has 0 atom stereocenters. The number of carbonyl (C=O) groups excluding carboxylic acids is 2. The standard InChI is InChI=1S/C20H19N3O4S/c1-12-11-21-20(28-12)23-19(25)14-7-8-17(27-3)16(10-14)22-18(24)13-5-4-6-15(9-13)26-2/h4-11H,1-3H3,(H,22,24)(H,21,23,25). The van der Waals surface area contributed by atoms with Gasteiger partial charge >= 0.3 is 0 Å². The molecule has 144 valence electrons. The van der Waals surface area contributed by atoms with Crippen LogP contribution in [0.1, 0.15) is 25.6 Å². The van der Waals surface area contributed by atoms with E-state index in [-0.39, 0.29) is 11.8 Å². The molecule has 2 aromatic carbocycles. The number of aryl methyl sites for hydroxylation is 1. The van der Waals surface area contributed by atoms with E-state index in [2.05, 4.69) is 15.6 Å². The zero-order valence-electron chi connectivity index (χ0n) is 15.6. The number of benzene rings is 2. The largest absolute Gasteiger partial charge is 0.497 e. The van der Waals surface area contributed by atoms with Crippen LogP contribution < -0.4 is 20.1 Å². The second-order valence-electron chi connectivity index (χ2n) is 5.83. The zero-order valence-corrected chi connectivity index (χ0v) is 16.4. The van der Waals surface area contributed by atoms with E-state index < -0.39 is 0 Å². The molecule has 0 fully saturated rings. The Morgan fingerprint density at radius 3 is 2.39 bits per heavy atom. The minimum absolute atomic E-state index is 0.325. The fourth-order valence-corrected chi connectivity index (χ4v) is 3.15. The molecule has 0 aliphatic heterocycles. The van der Waals surface area contributed by atoms with Gasteiger partial charge in [-0.2, -0.15) is 0 Å². The first-order valence-electron chi connectivity index (χ1n) is 8.37. The van der Waals surface area contributed by atoms with Crippen molar-refractivity contribution < 1.29 is 19.1 Å². The average molecular weight is 397 g/mol. The van der Waals surface area contributed by atoms with E-state index in [0.29, 0.717) is 33.4 Å². The van der Waals surface area contributed by atoms with Crippen LogP contribution in [0, 0.1) is 6.92 Å². The summed E-state index contributed by atoms with van der Waals surface area (Å²) >= 11 is 1.38. The first-order valence-corrected chi connectivity index (χ1v) is 9.19. The van der Waals surface area contributed by atoms with Crippen LogP contribution in [0.15, 0.2) is 48.7 Å². The maximum atomic E-state index is 12.6. The molecule has 0 saturated carbocycles. The van der Waals surface area contributed by atoms with E-state index in [9.17, 15) is 9.59 Å². The van der Waals surface area contributed by atoms with E-state index in [4.69, 9.17) is 9.47 Å². The van der Waals surface area contributed by atoms with Gasteiger partial charge in [0, 0.05) is 22.2 Å². The number of aromatic nitrogens is 1. The van der Waals surface area contributed by atoms with Crippen LogP contribution >= 0.6 is 11.3 Å². The fourth-order valence-electron chi connectivity index (χ4n) is 2.49. The van der Waals surface area contributed by atoms with E-state index in [1.54, 1.807) is 48.7 Å². The molecule has 2 N–H and O–H groups in total. The molecule has 28 heavy (non-hydrogen) atoms. The molecule has 3 rings (SSSR count). The summed E-state index contributed by atoms with van der Waals surface area (Å²) < 4.78 is 10.4. The van der Waals surface area contributed by atoms with Crippen molar-refractivity contribution in [3.63, 3.8) is 0 Å². The number of amides is 2. The van der Waals surface area contributed by atoms with Crippen molar-refractivity contribution in [2.75, 3.05) is 24.9 Å². The third kappa shape index (κ3) is 4.47. The van der Waals surface area contributed by atoms with Gasteiger partial charge in [0.05, 0.1) is 19.9 Å². The number of anilines is 2. The lowest BCUT2D eigenvalue weighted by molar-refractivity contribution is 0.101. The number of methoxy groups -OCH3 is 2. The van der Waals surface area contributed by atoms with Gasteiger partial charge in [-0.05, 0) is 43.3 Å². The predicted molar refractivity (Wildman–Crippen MR) is 109 cm³/mol. The Labute approximate surface area is 166 Å². The minimum Gasteiger partial charge on any atom is -0.497 e. The van der Waals surface area contributed by atoms with Crippen LogP contribution in [0.2, 0.25) is 0 Å². The van der Waals surface area contributed by atoms with Crippen LogP contribution in [0.25, 0.3) is 0 Å². The summed E-state index contributed by atoms with van der Waals surface area (Å²) in [6.07, 6.45) is 1.69. The van der Waals surface area contributed by atoms with Crippen molar-refractivity contribution in [2.45, 2.75) is 6.92 Å². The van der Waals surface area contributed by atoms with Gasteiger partial charge in [0.1, 0.15) is 11.5 Å². The monoisotopic (exact) mass is 397 g/mol. The highest BCUT2D eigenvalue weighted by Crippen LogP contribution is 2.27. The lowest BCUT2D eigenvalue weighted by atomic mass is 10.1. The van der Waals surface area contributed by atoms with Crippen LogP contribution in [0.3, 0.4) is 0 Å². The number of hydrogen-bond acceptors (Lipinski definition) is 6. The highest BCUT2D eigenvalue weighted by molar-refractivity contribution is 7.15. The van der Waals surface area contributed by atoms with Gasteiger partial charge in [-0.1, -0.05) is 6.07 Å². The SMILES string of the molecule is COc1cccc(C(=O)Nc2cc(C(=O)Nc3ncc(C)s3)ccc2OC)c1. The van der Waals surface area contributed by atoms with Gasteiger partial charge in [0.2, 0.25) is 0 Å². The lowest BCUT2D eigenvalue weighted by Gasteiger charge is -2.12. The topological polar surface area (TPSA) is 89.5 Å². The Morgan fingerprint density at radius 2 is 1.71 bits per heavy atom. The Balaban J connectivity index is 1.82. The van der Waals surface area contributed by atoms with E-state index in [1.807, 2.05) is 6.92 Å². The number of nitrogens with zero attached hydrogens (tertiary/aromatic N) is 1. The fraction of sp³-hybridized carbons (Fsp3) is 0.150. The lowest BCUT2D eigenvalue weighted by Crippen LogP contribution is -2.15. The zero-order chi connectivity index (χ0) is 20.1. The second-order valence-corrected chi connectivity index (χ2v) is 7.07. The van der Waals surface area contributed by atoms with Crippen molar-refractivity contribution in [1.82, 2.24) is 4.98 Å². The number of thiazole rings is 1. The van der Waals surface area contributed by atoms with Crippen molar-refractivity contribution in [1.29, 1.82) is 0 Å². The van der Waals surface area contributed by atoms with Crippen molar-refractivity contribution in [2.24, 2.45) is 0 Å². The summed E-state index contributed by atoms with van der Waals surface area (Å²) in [5.41, 5.74) is 1.18. The van der Waals surface area contributed by atoms with Gasteiger partial charge in [-0.3, -0.25) is 14.9 Å².